The van der Waals surface area contributed by atoms with E-state index in [0.717, 1.165) is 16.4 Å². The maximum absolute atomic E-state index is 12.4. The summed E-state index contributed by atoms with van der Waals surface area (Å²) in [5, 5.41) is 6.98. The van der Waals surface area contributed by atoms with Gasteiger partial charge in [-0.1, -0.05) is 0 Å². The van der Waals surface area contributed by atoms with Gasteiger partial charge in [0.2, 0.25) is 5.91 Å². The zero-order chi connectivity index (χ0) is 17.0. The number of alkyl carbamates (subject to hydrolysis) is 1. The van der Waals surface area contributed by atoms with Crippen molar-refractivity contribution in [3.05, 3.63) is 16.0 Å². The van der Waals surface area contributed by atoms with Gasteiger partial charge >= 0.3 is 6.09 Å². The normalized spacial score (nSPS) is 18.6. The highest BCUT2D eigenvalue weighted by molar-refractivity contribution is 14.1. The summed E-state index contributed by atoms with van der Waals surface area (Å²) in [6.07, 6.45) is 4.83. The Morgan fingerprint density at radius 1 is 1.48 bits per heavy atom. The Hall–Kier alpha value is -1.32. The number of piperidine rings is 1. The summed E-state index contributed by atoms with van der Waals surface area (Å²) >= 11 is 2.16. The van der Waals surface area contributed by atoms with E-state index in [2.05, 4.69) is 33.0 Å². The van der Waals surface area contributed by atoms with Gasteiger partial charge in [-0.25, -0.2) is 4.79 Å². The minimum absolute atomic E-state index is 0.0141. The second kappa shape index (κ2) is 7.50. The average molecular weight is 434 g/mol. The topological polar surface area (TPSA) is 76.5 Å². The third kappa shape index (κ3) is 6.00. The predicted molar refractivity (Wildman–Crippen MR) is 93.9 cm³/mol. The van der Waals surface area contributed by atoms with Crippen molar-refractivity contribution in [2.24, 2.45) is 0 Å². The minimum atomic E-state index is -0.522. The summed E-state index contributed by atoms with van der Waals surface area (Å²) in [6.45, 7) is 6.93. The molecule has 1 unspecified atom stereocenters. The number of amides is 2. The van der Waals surface area contributed by atoms with Crippen molar-refractivity contribution in [3.63, 3.8) is 0 Å². The highest BCUT2D eigenvalue weighted by atomic mass is 127. The van der Waals surface area contributed by atoms with Gasteiger partial charge in [0.05, 0.1) is 9.77 Å². The third-order valence-corrected chi connectivity index (χ3v) is 3.95. The van der Waals surface area contributed by atoms with E-state index in [9.17, 15) is 9.59 Å². The fraction of sp³-hybridized carbons (Fsp3) is 0.667. The second-order valence-electron chi connectivity index (χ2n) is 6.68. The van der Waals surface area contributed by atoms with Crippen LogP contribution in [0.1, 0.15) is 33.6 Å². The summed E-state index contributed by atoms with van der Waals surface area (Å²) in [5.74, 6) is 0.0141. The Morgan fingerprint density at radius 3 is 2.83 bits per heavy atom. The Labute approximate surface area is 149 Å². The number of carbonyl (C=O) groups excluding carboxylic acids is 2. The summed E-state index contributed by atoms with van der Waals surface area (Å²) in [7, 11) is 0. The molecule has 1 atom stereocenters. The minimum Gasteiger partial charge on any atom is -0.444 e. The summed E-state index contributed by atoms with van der Waals surface area (Å²) in [4.78, 5) is 26.0. The van der Waals surface area contributed by atoms with Crippen molar-refractivity contribution in [1.82, 2.24) is 20.0 Å². The van der Waals surface area contributed by atoms with Gasteiger partial charge in [0.25, 0.3) is 0 Å². The maximum atomic E-state index is 12.4. The van der Waals surface area contributed by atoms with Gasteiger partial charge in [0.15, 0.2) is 0 Å². The van der Waals surface area contributed by atoms with Gasteiger partial charge in [-0.2, -0.15) is 5.10 Å². The highest BCUT2D eigenvalue weighted by Crippen LogP contribution is 2.13. The molecule has 0 saturated carbocycles. The molecular formula is C15H23IN4O3. The highest BCUT2D eigenvalue weighted by Gasteiger charge is 2.26. The molecule has 0 aromatic carbocycles. The van der Waals surface area contributed by atoms with E-state index in [4.69, 9.17) is 4.74 Å². The van der Waals surface area contributed by atoms with Gasteiger partial charge in [0, 0.05) is 25.3 Å². The van der Waals surface area contributed by atoms with E-state index in [1.54, 1.807) is 15.8 Å². The molecule has 1 aliphatic rings. The molecule has 2 amide bonds. The fourth-order valence-corrected chi connectivity index (χ4v) is 2.91. The lowest BCUT2D eigenvalue weighted by atomic mass is 10.1. The van der Waals surface area contributed by atoms with Crippen molar-refractivity contribution in [2.75, 3.05) is 13.1 Å². The molecule has 128 valence electrons. The Bertz CT molecular complexity index is 567. The molecular weight excluding hydrogens is 411 g/mol. The fourth-order valence-electron chi connectivity index (χ4n) is 2.46. The Morgan fingerprint density at radius 2 is 2.22 bits per heavy atom. The summed E-state index contributed by atoms with van der Waals surface area (Å²) < 4.78 is 7.90. The van der Waals surface area contributed by atoms with E-state index in [1.165, 1.54) is 0 Å². The van der Waals surface area contributed by atoms with Crippen LogP contribution in [0.15, 0.2) is 12.4 Å². The summed E-state index contributed by atoms with van der Waals surface area (Å²) in [5.41, 5.74) is -0.522. The molecule has 0 bridgehead atoms. The van der Waals surface area contributed by atoms with E-state index in [1.807, 2.05) is 27.0 Å². The molecule has 0 spiro atoms. The maximum Gasteiger partial charge on any atom is 0.407 e. The molecule has 2 rings (SSSR count). The van der Waals surface area contributed by atoms with Crippen LogP contribution in [0.2, 0.25) is 0 Å². The average Bonchev–Trinajstić information content (AvgIpc) is 2.82. The van der Waals surface area contributed by atoms with Crippen molar-refractivity contribution < 1.29 is 14.3 Å². The Balaban J connectivity index is 1.85. The van der Waals surface area contributed by atoms with Gasteiger partial charge in [-0.05, 0) is 56.2 Å². The van der Waals surface area contributed by atoms with Crippen molar-refractivity contribution >= 4 is 34.6 Å². The van der Waals surface area contributed by atoms with E-state index in [-0.39, 0.29) is 18.5 Å². The monoisotopic (exact) mass is 434 g/mol. The Kier molecular flexibility index (Phi) is 5.88. The summed E-state index contributed by atoms with van der Waals surface area (Å²) in [6, 6.07) is -0.0692. The molecule has 23 heavy (non-hydrogen) atoms. The first-order valence-electron chi connectivity index (χ1n) is 7.68. The SMILES string of the molecule is CC(C)(C)OC(=O)NC1CCCN(C(=O)Cn2cc(I)cn2)C1. The number of nitrogens with zero attached hydrogens (tertiary/aromatic N) is 3. The molecule has 1 aromatic heterocycles. The number of likely N-dealkylation sites (tertiary alicyclic amines) is 1. The molecule has 1 saturated heterocycles. The van der Waals surface area contributed by atoms with Crippen molar-refractivity contribution in [1.29, 1.82) is 0 Å². The number of rotatable bonds is 3. The lowest BCUT2D eigenvalue weighted by Gasteiger charge is -2.33. The number of hydrogen-bond donors (Lipinski definition) is 1. The molecule has 8 heteroatoms. The second-order valence-corrected chi connectivity index (χ2v) is 7.93. The van der Waals surface area contributed by atoms with Crippen LogP contribution in [0.5, 0.6) is 0 Å². The van der Waals surface area contributed by atoms with Crippen LogP contribution in [0.3, 0.4) is 0 Å². The van der Waals surface area contributed by atoms with Gasteiger partial charge in [0.1, 0.15) is 12.1 Å². The van der Waals surface area contributed by atoms with Gasteiger partial charge in [-0.3, -0.25) is 9.48 Å². The van der Waals surface area contributed by atoms with Crippen LogP contribution in [0.4, 0.5) is 4.79 Å². The molecule has 2 heterocycles. The smallest absolute Gasteiger partial charge is 0.407 e. The molecule has 1 N–H and O–H groups in total. The standard InChI is InChI=1S/C15H23IN4O3/c1-15(2,3)23-14(22)18-12-5-4-6-19(9-12)13(21)10-20-8-11(16)7-17-20/h7-8,12H,4-6,9-10H2,1-3H3,(H,18,22). The number of carbonyl (C=O) groups is 2. The first-order chi connectivity index (χ1) is 10.7. The lowest BCUT2D eigenvalue weighted by Crippen LogP contribution is -2.51. The van der Waals surface area contributed by atoms with Crippen LogP contribution < -0.4 is 5.32 Å². The van der Waals surface area contributed by atoms with E-state index < -0.39 is 11.7 Å². The third-order valence-electron chi connectivity index (χ3n) is 3.39. The first kappa shape index (κ1) is 18.0. The first-order valence-corrected chi connectivity index (χ1v) is 8.76. The van der Waals surface area contributed by atoms with Crippen LogP contribution in [0.25, 0.3) is 0 Å². The molecule has 7 nitrogen and oxygen atoms in total. The van der Waals surface area contributed by atoms with Crippen LogP contribution in [-0.4, -0.2) is 51.4 Å². The van der Waals surface area contributed by atoms with Crippen LogP contribution >= 0.6 is 22.6 Å². The number of ether oxygens (including phenoxy) is 1. The molecule has 0 aliphatic carbocycles. The molecule has 1 aliphatic heterocycles. The largest absolute Gasteiger partial charge is 0.444 e. The number of aromatic nitrogens is 2. The van der Waals surface area contributed by atoms with Gasteiger partial charge < -0.3 is 15.0 Å². The number of halogens is 1. The molecule has 1 aromatic rings. The van der Waals surface area contributed by atoms with Crippen LogP contribution in [-0.2, 0) is 16.1 Å². The molecule has 0 radical (unpaired) electrons. The number of hydrogen-bond acceptors (Lipinski definition) is 4. The quantitative estimate of drug-likeness (QED) is 0.739. The van der Waals surface area contributed by atoms with Crippen LogP contribution in [0, 0.1) is 3.57 Å². The number of nitrogens with one attached hydrogen (secondary N) is 1. The van der Waals surface area contributed by atoms with Crippen molar-refractivity contribution in [3.8, 4) is 0 Å². The van der Waals surface area contributed by atoms with E-state index in [0.29, 0.717) is 13.1 Å². The zero-order valence-corrected chi connectivity index (χ0v) is 15.9. The van der Waals surface area contributed by atoms with Crippen molar-refractivity contribution in [2.45, 2.75) is 51.8 Å². The lowest BCUT2D eigenvalue weighted by molar-refractivity contribution is -0.133. The zero-order valence-electron chi connectivity index (χ0n) is 13.7. The predicted octanol–water partition coefficient (Wildman–Crippen LogP) is 2.00. The molecule has 1 fully saturated rings. The van der Waals surface area contributed by atoms with E-state index >= 15 is 0 Å². The van der Waals surface area contributed by atoms with Gasteiger partial charge in [-0.15, -0.1) is 0 Å².